The number of carbonyl (C=O) groups excluding carboxylic acids is 1. The van der Waals surface area contributed by atoms with E-state index in [1.54, 1.807) is 0 Å². The summed E-state index contributed by atoms with van der Waals surface area (Å²) in [5, 5.41) is 0. The molecule has 1 amide bonds. The van der Waals surface area contributed by atoms with Gasteiger partial charge in [0.15, 0.2) is 0 Å². The molecule has 0 aromatic heterocycles. The number of rotatable bonds is 3. The molecule has 4 heteroatoms. The Balaban J connectivity index is 0.00000162. The van der Waals surface area contributed by atoms with Crippen molar-refractivity contribution in [3.8, 4) is 0 Å². The van der Waals surface area contributed by atoms with Crippen LogP contribution in [-0.2, 0) is 11.2 Å². The standard InChI is InChI=1S/C14H20N2O.ClH/c1-11-6-5-9-16(11)14(17)13(15)10-12-7-3-2-4-8-12;/h2-4,7-8,11,13H,5-6,9-10,15H2,1H3;1H/t11?,13-;/m0./s1. The van der Waals surface area contributed by atoms with Crippen LogP contribution in [-0.4, -0.2) is 29.4 Å². The fourth-order valence-electron chi connectivity index (χ4n) is 2.43. The largest absolute Gasteiger partial charge is 0.339 e. The highest BCUT2D eigenvalue weighted by Gasteiger charge is 2.28. The summed E-state index contributed by atoms with van der Waals surface area (Å²) in [5.74, 6) is 0.0962. The zero-order valence-corrected chi connectivity index (χ0v) is 11.5. The third-order valence-electron chi connectivity index (χ3n) is 3.45. The molecule has 2 rings (SSSR count). The van der Waals surface area contributed by atoms with Crippen molar-refractivity contribution in [2.75, 3.05) is 6.54 Å². The highest BCUT2D eigenvalue weighted by Crippen LogP contribution is 2.17. The fourth-order valence-corrected chi connectivity index (χ4v) is 2.43. The van der Waals surface area contributed by atoms with Gasteiger partial charge in [-0.1, -0.05) is 30.3 Å². The van der Waals surface area contributed by atoms with E-state index in [1.807, 2.05) is 35.2 Å². The van der Waals surface area contributed by atoms with E-state index in [4.69, 9.17) is 5.73 Å². The van der Waals surface area contributed by atoms with Crippen LogP contribution < -0.4 is 5.73 Å². The molecule has 1 aliphatic rings. The molecule has 18 heavy (non-hydrogen) atoms. The normalized spacial score (nSPS) is 20.3. The van der Waals surface area contributed by atoms with Gasteiger partial charge < -0.3 is 10.6 Å². The monoisotopic (exact) mass is 268 g/mol. The van der Waals surface area contributed by atoms with Crippen LogP contribution in [0.3, 0.4) is 0 Å². The topological polar surface area (TPSA) is 46.3 Å². The molecule has 1 aliphatic heterocycles. The second-order valence-electron chi connectivity index (χ2n) is 4.82. The van der Waals surface area contributed by atoms with Gasteiger partial charge >= 0.3 is 0 Å². The Morgan fingerprint density at radius 1 is 1.44 bits per heavy atom. The lowest BCUT2D eigenvalue weighted by Crippen LogP contribution is -2.46. The second kappa shape index (κ2) is 6.76. The highest BCUT2D eigenvalue weighted by atomic mass is 35.5. The fraction of sp³-hybridized carbons (Fsp3) is 0.500. The van der Waals surface area contributed by atoms with E-state index >= 15 is 0 Å². The van der Waals surface area contributed by atoms with Crippen LogP contribution in [0.25, 0.3) is 0 Å². The lowest BCUT2D eigenvalue weighted by molar-refractivity contribution is -0.133. The predicted molar refractivity (Wildman–Crippen MR) is 75.8 cm³/mol. The molecule has 0 radical (unpaired) electrons. The van der Waals surface area contributed by atoms with Crippen molar-refractivity contribution >= 4 is 18.3 Å². The zero-order chi connectivity index (χ0) is 12.3. The van der Waals surface area contributed by atoms with Crippen molar-refractivity contribution in [2.24, 2.45) is 5.73 Å². The van der Waals surface area contributed by atoms with Crippen LogP contribution in [0.15, 0.2) is 30.3 Å². The Hall–Kier alpha value is -1.06. The molecular weight excluding hydrogens is 248 g/mol. The summed E-state index contributed by atoms with van der Waals surface area (Å²) < 4.78 is 0. The summed E-state index contributed by atoms with van der Waals surface area (Å²) >= 11 is 0. The van der Waals surface area contributed by atoms with Gasteiger partial charge in [0.25, 0.3) is 0 Å². The number of carbonyl (C=O) groups is 1. The average Bonchev–Trinajstić information content (AvgIpc) is 2.76. The third kappa shape index (κ3) is 3.47. The first-order valence-electron chi connectivity index (χ1n) is 6.28. The van der Waals surface area contributed by atoms with Crippen LogP contribution in [0.1, 0.15) is 25.3 Å². The van der Waals surface area contributed by atoms with E-state index in [9.17, 15) is 4.79 Å². The van der Waals surface area contributed by atoms with Crippen molar-refractivity contribution in [1.82, 2.24) is 4.90 Å². The first-order valence-corrected chi connectivity index (χ1v) is 6.28. The number of amides is 1. The Morgan fingerprint density at radius 2 is 2.11 bits per heavy atom. The molecule has 0 aliphatic carbocycles. The van der Waals surface area contributed by atoms with E-state index in [0.29, 0.717) is 12.5 Å². The van der Waals surface area contributed by atoms with Gasteiger partial charge in [0, 0.05) is 12.6 Å². The molecule has 1 heterocycles. The average molecular weight is 269 g/mol. The molecule has 0 spiro atoms. The van der Waals surface area contributed by atoms with Crippen molar-refractivity contribution < 1.29 is 4.79 Å². The summed E-state index contributed by atoms with van der Waals surface area (Å²) in [7, 11) is 0. The number of hydrogen-bond donors (Lipinski definition) is 1. The van der Waals surface area contributed by atoms with E-state index < -0.39 is 6.04 Å². The van der Waals surface area contributed by atoms with Crippen LogP contribution in [0, 0.1) is 0 Å². The number of hydrogen-bond acceptors (Lipinski definition) is 2. The van der Waals surface area contributed by atoms with Crippen LogP contribution >= 0.6 is 12.4 Å². The van der Waals surface area contributed by atoms with Crippen LogP contribution in [0.4, 0.5) is 0 Å². The van der Waals surface area contributed by atoms with Crippen LogP contribution in [0.5, 0.6) is 0 Å². The van der Waals surface area contributed by atoms with Gasteiger partial charge in [-0.05, 0) is 31.7 Å². The molecule has 0 saturated carbocycles. The van der Waals surface area contributed by atoms with Crippen molar-refractivity contribution in [2.45, 2.75) is 38.3 Å². The number of halogens is 1. The summed E-state index contributed by atoms with van der Waals surface area (Å²) in [4.78, 5) is 14.1. The minimum atomic E-state index is -0.405. The van der Waals surface area contributed by atoms with E-state index in [2.05, 4.69) is 6.92 Å². The lowest BCUT2D eigenvalue weighted by Gasteiger charge is -2.24. The minimum absolute atomic E-state index is 0. The molecule has 1 unspecified atom stereocenters. The molecule has 100 valence electrons. The van der Waals surface area contributed by atoms with Gasteiger partial charge in [0.1, 0.15) is 0 Å². The van der Waals surface area contributed by atoms with Gasteiger partial charge in [-0.15, -0.1) is 12.4 Å². The maximum absolute atomic E-state index is 12.2. The van der Waals surface area contributed by atoms with Crippen molar-refractivity contribution in [3.63, 3.8) is 0 Å². The number of likely N-dealkylation sites (tertiary alicyclic amines) is 1. The Bertz CT molecular complexity index is 383. The molecule has 0 bridgehead atoms. The summed E-state index contributed by atoms with van der Waals surface area (Å²) in [6.07, 6.45) is 2.83. The molecule has 3 nitrogen and oxygen atoms in total. The Morgan fingerprint density at radius 3 is 2.67 bits per heavy atom. The number of nitrogens with zero attached hydrogens (tertiary/aromatic N) is 1. The van der Waals surface area contributed by atoms with Gasteiger partial charge in [-0.3, -0.25) is 4.79 Å². The van der Waals surface area contributed by atoms with Crippen LogP contribution in [0.2, 0.25) is 0 Å². The summed E-state index contributed by atoms with van der Waals surface area (Å²) in [6.45, 7) is 2.96. The Kier molecular flexibility index (Phi) is 5.63. The van der Waals surface area contributed by atoms with Crippen molar-refractivity contribution in [1.29, 1.82) is 0 Å². The molecule has 1 fully saturated rings. The molecule has 1 aromatic rings. The lowest BCUT2D eigenvalue weighted by atomic mass is 10.1. The number of nitrogens with two attached hydrogens (primary N) is 1. The molecule has 2 N–H and O–H groups in total. The van der Waals surface area contributed by atoms with E-state index in [-0.39, 0.29) is 18.3 Å². The molecule has 2 atom stereocenters. The van der Waals surface area contributed by atoms with Gasteiger partial charge in [0.2, 0.25) is 5.91 Å². The third-order valence-corrected chi connectivity index (χ3v) is 3.45. The maximum atomic E-state index is 12.2. The molecule has 1 aromatic carbocycles. The smallest absolute Gasteiger partial charge is 0.240 e. The number of benzene rings is 1. The molecule has 1 saturated heterocycles. The summed E-state index contributed by atoms with van der Waals surface area (Å²) in [6, 6.07) is 9.90. The van der Waals surface area contributed by atoms with E-state index in [1.165, 1.54) is 0 Å². The van der Waals surface area contributed by atoms with Gasteiger partial charge in [-0.2, -0.15) is 0 Å². The first-order chi connectivity index (χ1) is 8.18. The predicted octanol–water partition coefficient (Wildman–Crippen LogP) is 1.99. The zero-order valence-electron chi connectivity index (χ0n) is 10.7. The second-order valence-corrected chi connectivity index (χ2v) is 4.82. The van der Waals surface area contributed by atoms with E-state index in [0.717, 1.165) is 24.9 Å². The Labute approximate surface area is 115 Å². The maximum Gasteiger partial charge on any atom is 0.240 e. The quantitative estimate of drug-likeness (QED) is 0.911. The minimum Gasteiger partial charge on any atom is -0.339 e. The first kappa shape index (κ1) is 15.0. The SMILES string of the molecule is CC1CCCN1C(=O)[C@@H](N)Cc1ccccc1.Cl. The highest BCUT2D eigenvalue weighted by molar-refractivity contribution is 5.85. The van der Waals surface area contributed by atoms with Gasteiger partial charge in [0.05, 0.1) is 6.04 Å². The summed E-state index contributed by atoms with van der Waals surface area (Å²) in [5.41, 5.74) is 7.13. The van der Waals surface area contributed by atoms with Crippen molar-refractivity contribution in [3.05, 3.63) is 35.9 Å². The van der Waals surface area contributed by atoms with Gasteiger partial charge in [-0.25, -0.2) is 0 Å². The molecular formula is C14H21ClN2O.